The second-order valence-corrected chi connectivity index (χ2v) is 2.44. The quantitative estimate of drug-likeness (QED) is 0.782. The highest BCUT2D eigenvalue weighted by molar-refractivity contribution is 6.00. The Kier molecular flexibility index (Phi) is 5.12. The number of Topliss-reactive ketones (excluding diaryl/α,β-unsaturated/α-hetero) is 1. The molecule has 78 valence electrons. The Morgan fingerprint density at radius 2 is 2.21 bits per heavy atom. The van der Waals surface area contributed by atoms with Crippen LogP contribution in [0.25, 0.3) is 0 Å². The normalized spacial score (nSPS) is 9.07. The molecule has 1 aromatic rings. The average molecular weight is 220 g/mol. The third kappa shape index (κ3) is 2.43. The Morgan fingerprint density at radius 3 is 2.71 bits per heavy atom. The predicted molar refractivity (Wildman–Crippen MR) is 53.6 cm³/mol. The van der Waals surface area contributed by atoms with E-state index in [0.717, 1.165) is 0 Å². The lowest BCUT2D eigenvalue weighted by atomic mass is 10.1. The van der Waals surface area contributed by atoms with Gasteiger partial charge in [-0.3, -0.25) is 4.79 Å². The van der Waals surface area contributed by atoms with Gasteiger partial charge in [0.25, 0.3) is 0 Å². The van der Waals surface area contributed by atoms with Crippen molar-refractivity contribution in [1.29, 1.82) is 0 Å². The summed E-state index contributed by atoms with van der Waals surface area (Å²) < 4.78 is 18.0. The van der Waals surface area contributed by atoms with Crippen LogP contribution in [0.15, 0.2) is 18.2 Å². The van der Waals surface area contributed by atoms with E-state index in [1.807, 2.05) is 0 Å². The van der Waals surface area contributed by atoms with E-state index in [1.165, 1.54) is 25.3 Å². The smallest absolute Gasteiger partial charge is 0.183 e. The van der Waals surface area contributed by atoms with Crippen molar-refractivity contribution in [3.05, 3.63) is 29.6 Å². The van der Waals surface area contributed by atoms with Crippen LogP contribution in [0.5, 0.6) is 5.75 Å². The molecule has 0 unspecified atom stereocenters. The first-order valence-electron chi connectivity index (χ1n) is 3.76. The SMILES string of the molecule is COc1cccc(F)c1C(=O)CN.Cl. The minimum atomic E-state index is -0.602. The van der Waals surface area contributed by atoms with Crippen LogP contribution < -0.4 is 10.5 Å². The maximum Gasteiger partial charge on any atom is 0.183 e. The van der Waals surface area contributed by atoms with Crippen molar-refractivity contribution in [1.82, 2.24) is 0 Å². The Balaban J connectivity index is 0.00000169. The van der Waals surface area contributed by atoms with Gasteiger partial charge in [0.15, 0.2) is 5.78 Å². The van der Waals surface area contributed by atoms with E-state index in [9.17, 15) is 9.18 Å². The number of ketones is 1. The van der Waals surface area contributed by atoms with Gasteiger partial charge in [0.05, 0.1) is 19.2 Å². The van der Waals surface area contributed by atoms with Crippen LogP contribution in [-0.4, -0.2) is 19.4 Å². The number of halogens is 2. The van der Waals surface area contributed by atoms with Gasteiger partial charge < -0.3 is 10.5 Å². The van der Waals surface area contributed by atoms with E-state index in [1.54, 1.807) is 0 Å². The number of nitrogens with two attached hydrogens (primary N) is 1. The topological polar surface area (TPSA) is 52.3 Å². The summed E-state index contributed by atoms with van der Waals surface area (Å²) in [4.78, 5) is 11.2. The third-order valence-electron chi connectivity index (χ3n) is 1.66. The van der Waals surface area contributed by atoms with Crippen LogP contribution in [0.3, 0.4) is 0 Å². The Labute approximate surface area is 87.5 Å². The van der Waals surface area contributed by atoms with Crippen molar-refractivity contribution in [3.8, 4) is 5.75 Å². The molecule has 0 atom stereocenters. The van der Waals surface area contributed by atoms with Gasteiger partial charge in [0, 0.05) is 0 Å². The Hall–Kier alpha value is -1.13. The Bertz CT molecular complexity index is 331. The van der Waals surface area contributed by atoms with Crippen LogP contribution in [0.2, 0.25) is 0 Å². The van der Waals surface area contributed by atoms with Crippen molar-refractivity contribution >= 4 is 18.2 Å². The first kappa shape index (κ1) is 12.9. The fourth-order valence-electron chi connectivity index (χ4n) is 1.05. The predicted octanol–water partition coefficient (Wildman–Crippen LogP) is 1.40. The van der Waals surface area contributed by atoms with E-state index in [0.29, 0.717) is 0 Å². The molecule has 3 nitrogen and oxygen atoms in total. The van der Waals surface area contributed by atoms with Crippen LogP contribution in [-0.2, 0) is 0 Å². The van der Waals surface area contributed by atoms with Gasteiger partial charge in [-0.25, -0.2) is 4.39 Å². The molecular weight excluding hydrogens is 209 g/mol. The maximum atomic E-state index is 13.1. The van der Waals surface area contributed by atoms with Crippen LogP contribution in [0.4, 0.5) is 4.39 Å². The number of benzene rings is 1. The van der Waals surface area contributed by atoms with Gasteiger partial charge in [-0.1, -0.05) is 6.07 Å². The minimum Gasteiger partial charge on any atom is -0.496 e. The summed E-state index contributed by atoms with van der Waals surface area (Å²) in [5, 5.41) is 0. The highest BCUT2D eigenvalue weighted by Crippen LogP contribution is 2.20. The number of hydrogen-bond donors (Lipinski definition) is 1. The molecule has 0 aromatic heterocycles. The number of hydrogen-bond acceptors (Lipinski definition) is 3. The molecule has 0 aliphatic heterocycles. The molecule has 0 radical (unpaired) electrons. The van der Waals surface area contributed by atoms with E-state index < -0.39 is 11.6 Å². The molecule has 0 saturated heterocycles. The van der Waals surface area contributed by atoms with Crippen LogP contribution in [0, 0.1) is 5.82 Å². The molecule has 0 fully saturated rings. The lowest BCUT2D eigenvalue weighted by molar-refractivity contribution is 0.0994. The van der Waals surface area contributed by atoms with E-state index in [2.05, 4.69) is 0 Å². The molecule has 0 spiro atoms. The zero-order valence-electron chi connectivity index (χ0n) is 7.62. The van der Waals surface area contributed by atoms with Crippen molar-refractivity contribution in [2.75, 3.05) is 13.7 Å². The summed E-state index contributed by atoms with van der Waals surface area (Å²) in [5.41, 5.74) is 5.05. The lowest BCUT2D eigenvalue weighted by Crippen LogP contribution is -2.16. The summed E-state index contributed by atoms with van der Waals surface area (Å²) >= 11 is 0. The molecule has 0 amide bonds. The molecule has 2 N–H and O–H groups in total. The molecule has 0 heterocycles. The van der Waals surface area contributed by atoms with Gasteiger partial charge in [0.2, 0.25) is 0 Å². The first-order chi connectivity index (χ1) is 6.20. The number of rotatable bonds is 3. The molecule has 0 aliphatic rings. The van der Waals surface area contributed by atoms with E-state index >= 15 is 0 Å². The molecule has 1 aromatic carbocycles. The van der Waals surface area contributed by atoms with E-state index in [-0.39, 0.29) is 30.3 Å². The maximum absolute atomic E-state index is 13.1. The minimum absolute atomic E-state index is 0. The monoisotopic (exact) mass is 219 g/mol. The second-order valence-electron chi connectivity index (χ2n) is 2.44. The Morgan fingerprint density at radius 1 is 1.57 bits per heavy atom. The first-order valence-corrected chi connectivity index (χ1v) is 3.76. The molecule has 0 saturated carbocycles. The fourth-order valence-corrected chi connectivity index (χ4v) is 1.05. The standard InChI is InChI=1S/C9H10FNO2.ClH/c1-13-8-4-2-3-6(10)9(8)7(12)5-11;/h2-4H,5,11H2,1H3;1H. The number of ether oxygens (including phenoxy) is 1. The van der Waals surface area contributed by atoms with Gasteiger partial charge >= 0.3 is 0 Å². The largest absolute Gasteiger partial charge is 0.496 e. The summed E-state index contributed by atoms with van der Waals surface area (Å²) in [5.74, 6) is -0.847. The summed E-state index contributed by atoms with van der Waals surface area (Å²) in [7, 11) is 1.38. The lowest BCUT2D eigenvalue weighted by Gasteiger charge is -2.06. The van der Waals surface area contributed by atoms with Crippen LogP contribution >= 0.6 is 12.4 Å². The third-order valence-corrected chi connectivity index (χ3v) is 1.66. The van der Waals surface area contributed by atoms with Gasteiger partial charge in [-0.05, 0) is 12.1 Å². The molecule has 1 rings (SSSR count). The summed E-state index contributed by atoms with van der Waals surface area (Å²) in [6.45, 7) is -0.225. The van der Waals surface area contributed by atoms with E-state index in [4.69, 9.17) is 10.5 Å². The van der Waals surface area contributed by atoms with Crippen molar-refractivity contribution in [2.24, 2.45) is 5.73 Å². The summed E-state index contributed by atoms with van der Waals surface area (Å²) in [6.07, 6.45) is 0. The molecule has 14 heavy (non-hydrogen) atoms. The highest BCUT2D eigenvalue weighted by atomic mass is 35.5. The number of methoxy groups -OCH3 is 1. The number of carbonyl (C=O) groups is 1. The van der Waals surface area contributed by atoms with Crippen molar-refractivity contribution < 1.29 is 13.9 Å². The average Bonchev–Trinajstić information content (AvgIpc) is 2.16. The summed E-state index contributed by atoms with van der Waals surface area (Å²) in [6, 6.07) is 4.19. The molecular formula is C9H11ClFNO2. The zero-order valence-corrected chi connectivity index (χ0v) is 8.44. The zero-order chi connectivity index (χ0) is 9.84. The van der Waals surface area contributed by atoms with Crippen molar-refractivity contribution in [2.45, 2.75) is 0 Å². The van der Waals surface area contributed by atoms with Gasteiger partial charge in [0.1, 0.15) is 11.6 Å². The molecule has 0 bridgehead atoms. The number of carbonyl (C=O) groups excluding carboxylic acids is 1. The van der Waals surface area contributed by atoms with Gasteiger partial charge in [-0.15, -0.1) is 12.4 Å². The van der Waals surface area contributed by atoms with Crippen LogP contribution in [0.1, 0.15) is 10.4 Å². The van der Waals surface area contributed by atoms with Crippen molar-refractivity contribution in [3.63, 3.8) is 0 Å². The fraction of sp³-hybridized carbons (Fsp3) is 0.222. The van der Waals surface area contributed by atoms with Gasteiger partial charge in [-0.2, -0.15) is 0 Å². The molecule has 5 heteroatoms. The second kappa shape index (κ2) is 5.57. The highest BCUT2D eigenvalue weighted by Gasteiger charge is 2.15. The molecule has 0 aliphatic carbocycles.